The molecule has 0 atom stereocenters. The van der Waals surface area contributed by atoms with Gasteiger partial charge < -0.3 is 15.5 Å². The van der Waals surface area contributed by atoms with Crippen molar-refractivity contribution in [3.05, 3.63) is 35.2 Å². The van der Waals surface area contributed by atoms with Gasteiger partial charge in [-0.15, -0.1) is 0 Å². The van der Waals surface area contributed by atoms with Gasteiger partial charge in [-0.1, -0.05) is 6.08 Å². The lowest BCUT2D eigenvalue weighted by atomic mass is 9.98. The molecule has 2 heterocycles. The number of likely N-dealkylation sites (tertiary alicyclic amines) is 1. The Morgan fingerprint density at radius 1 is 1.45 bits per heavy atom. The molecule has 3 aliphatic rings. The first-order chi connectivity index (χ1) is 9.74. The highest BCUT2D eigenvalue weighted by molar-refractivity contribution is 5.74. The van der Waals surface area contributed by atoms with Crippen LogP contribution in [-0.2, 0) is 4.79 Å². The van der Waals surface area contributed by atoms with E-state index in [1.165, 1.54) is 36.1 Å². The lowest BCUT2D eigenvalue weighted by molar-refractivity contribution is -0.118. The van der Waals surface area contributed by atoms with Crippen molar-refractivity contribution in [1.29, 1.82) is 0 Å². The van der Waals surface area contributed by atoms with Gasteiger partial charge in [0.2, 0.25) is 5.91 Å². The fourth-order valence-corrected chi connectivity index (χ4v) is 3.32. The summed E-state index contributed by atoms with van der Waals surface area (Å²) in [7, 11) is 0. The summed E-state index contributed by atoms with van der Waals surface area (Å²) in [6.45, 7) is 4.95. The zero-order valence-corrected chi connectivity index (χ0v) is 12.1. The van der Waals surface area contributed by atoms with Crippen molar-refractivity contribution in [3.63, 3.8) is 0 Å². The summed E-state index contributed by atoms with van der Waals surface area (Å²) in [5.41, 5.74) is 4.07. The smallest absolute Gasteiger partial charge is 0.220 e. The Labute approximate surface area is 120 Å². The van der Waals surface area contributed by atoms with Crippen LogP contribution in [-0.4, -0.2) is 36.5 Å². The molecule has 0 saturated carbocycles. The highest BCUT2D eigenvalue weighted by Gasteiger charge is 2.30. The molecule has 108 valence electrons. The van der Waals surface area contributed by atoms with Crippen LogP contribution in [0.25, 0.3) is 0 Å². The second kappa shape index (κ2) is 5.83. The van der Waals surface area contributed by atoms with Crippen LogP contribution >= 0.6 is 0 Å². The Morgan fingerprint density at radius 3 is 3.00 bits per heavy atom. The second-order valence-electron chi connectivity index (χ2n) is 5.81. The summed E-state index contributed by atoms with van der Waals surface area (Å²) in [6.07, 6.45) is 11.0. The molecule has 0 bridgehead atoms. The van der Waals surface area contributed by atoms with E-state index in [0.29, 0.717) is 6.04 Å². The van der Waals surface area contributed by atoms with Gasteiger partial charge in [-0.3, -0.25) is 4.79 Å². The SMILES string of the molecule is CC(=O)NC=C1C=C2C(=CC1)CCN2C1CCNCC1. The van der Waals surface area contributed by atoms with Gasteiger partial charge in [-0.2, -0.15) is 0 Å². The van der Waals surface area contributed by atoms with Crippen molar-refractivity contribution >= 4 is 5.91 Å². The molecule has 0 aromatic rings. The summed E-state index contributed by atoms with van der Waals surface area (Å²) >= 11 is 0. The Balaban J connectivity index is 1.76. The molecule has 2 saturated heterocycles. The van der Waals surface area contributed by atoms with Crippen molar-refractivity contribution in [2.75, 3.05) is 19.6 Å². The number of piperidine rings is 1. The molecule has 0 aromatic heterocycles. The number of amides is 1. The van der Waals surface area contributed by atoms with Gasteiger partial charge in [-0.25, -0.2) is 0 Å². The number of allylic oxidation sites excluding steroid dienone is 4. The van der Waals surface area contributed by atoms with Gasteiger partial charge in [0.25, 0.3) is 0 Å². The minimum absolute atomic E-state index is 0.00712. The lowest BCUT2D eigenvalue weighted by Gasteiger charge is -2.34. The molecular formula is C16H23N3O. The van der Waals surface area contributed by atoms with Crippen LogP contribution in [0.3, 0.4) is 0 Å². The number of fused-ring (bicyclic) bond motifs is 1. The molecule has 20 heavy (non-hydrogen) atoms. The molecule has 2 aliphatic heterocycles. The van der Waals surface area contributed by atoms with Crippen LogP contribution in [0.1, 0.15) is 32.6 Å². The fourth-order valence-electron chi connectivity index (χ4n) is 3.32. The molecule has 2 N–H and O–H groups in total. The highest BCUT2D eigenvalue weighted by Crippen LogP contribution is 2.36. The molecule has 1 amide bonds. The maximum Gasteiger partial charge on any atom is 0.220 e. The van der Waals surface area contributed by atoms with Crippen LogP contribution in [0, 0.1) is 0 Å². The Hall–Kier alpha value is -1.55. The average Bonchev–Trinajstić information content (AvgIpc) is 2.89. The summed E-state index contributed by atoms with van der Waals surface area (Å²) in [5.74, 6) is -0.00712. The van der Waals surface area contributed by atoms with Crippen molar-refractivity contribution in [1.82, 2.24) is 15.5 Å². The number of carbonyl (C=O) groups is 1. The highest BCUT2D eigenvalue weighted by atomic mass is 16.1. The van der Waals surface area contributed by atoms with Crippen molar-refractivity contribution in [3.8, 4) is 0 Å². The molecule has 1 aliphatic carbocycles. The van der Waals surface area contributed by atoms with Crippen LogP contribution in [0.15, 0.2) is 35.2 Å². The molecule has 4 nitrogen and oxygen atoms in total. The van der Waals surface area contributed by atoms with Crippen molar-refractivity contribution in [2.24, 2.45) is 0 Å². The van der Waals surface area contributed by atoms with E-state index in [1.54, 1.807) is 6.92 Å². The monoisotopic (exact) mass is 273 g/mol. The van der Waals surface area contributed by atoms with Gasteiger partial charge in [0, 0.05) is 31.4 Å². The summed E-state index contributed by atoms with van der Waals surface area (Å²) in [6, 6.07) is 0.675. The Kier molecular flexibility index (Phi) is 3.92. The van der Waals surface area contributed by atoms with Gasteiger partial charge >= 0.3 is 0 Å². The summed E-state index contributed by atoms with van der Waals surface area (Å²) < 4.78 is 0. The molecule has 0 unspecified atom stereocenters. The number of hydrogen-bond acceptors (Lipinski definition) is 3. The summed E-state index contributed by atoms with van der Waals surface area (Å²) in [4.78, 5) is 13.6. The lowest BCUT2D eigenvalue weighted by Crippen LogP contribution is -2.41. The van der Waals surface area contributed by atoms with E-state index >= 15 is 0 Å². The Morgan fingerprint density at radius 2 is 2.25 bits per heavy atom. The first-order valence-corrected chi connectivity index (χ1v) is 7.58. The quantitative estimate of drug-likeness (QED) is 0.804. The standard InChI is InChI=1S/C16H23N3O/c1-12(20)18-11-13-2-3-14-6-9-19(16(14)10-13)15-4-7-17-8-5-15/h3,10-11,15,17H,2,4-9H2,1H3,(H,18,20). The van der Waals surface area contributed by atoms with Crippen LogP contribution in [0.2, 0.25) is 0 Å². The van der Waals surface area contributed by atoms with E-state index in [-0.39, 0.29) is 5.91 Å². The van der Waals surface area contributed by atoms with Crippen molar-refractivity contribution < 1.29 is 4.79 Å². The minimum Gasteiger partial charge on any atom is -0.368 e. The third-order valence-corrected chi connectivity index (χ3v) is 4.38. The fraction of sp³-hybridized carbons (Fsp3) is 0.562. The van der Waals surface area contributed by atoms with Crippen LogP contribution in [0.5, 0.6) is 0 Å². The van der Waals surface area contributed by atoms with E-state index in [1.807, 2.05) is 6.20 Å². The van der Waals surface area contributed by atoms with Gasteiger partial charge in [0.15, 0.2) is 0 Å². The first kappa shape index (κ1) is 13.4. The predicted molar refractivity (Wildman–Crippen MR) is 79.9 cm³/mol. The van der Waals surface area contributed by atoms with Gasteiger partial charge in [0.1, 0.15) is 0 Å². The van der Waals surface area contributed by atoms with E-state index in [4.69, 9.17) is 0 Å². The second-order valence-corrected chi connectivity index (χ2v) is 5.81. The van der Waals surface area contributed by atoms with E-state index < -0.39 is 0 Å². The zero-order chi connectivity index (χ0) is 13.9. The van der Waals surface area contributed by atoms with E-state index in [9.17, 15) is 4.79 Å². The largest absolute Gasteiger partial charge is 0.368 e. The van der Waals surface area contributed by atoms with Crippen LogP contribution < -0.4 is 10.6 Å². The maximum absolute atomic E-state index is 11.0. The normalized spacial score (nSPS) is 25.2. The third kappa shape index (κ3) is 2.80. The predicted octanol–water partition coefficient (Wildman–Crippen LogP) is 1.68. The molecular weight excluding hydrogens is 250 g/mol. The number of hydrogen-bond donors (Lipinski definition) is 2. The van der Waals surface area contributed by atoms with Gasteiger partial charge in [-0.05, 0) is 56.0 Å². The molecule has 3 rings (SSSR count). The maximum atomic E-state index is 11.0. The summed E-state index contributed by atoms with van der Waals surface area (Å²) in [5, 5.41) is 6.22. The minimum atomic E-state index is -0.00712. The van der Waals surface area contributed by atoms with E-state index in [0.717, 1.165) is 26.1 Å². The number of nitrogens with zero attached hydrogens (tertiary/aromatic N) is 1. The van der Waals surface area contributed by atoms with Crippen molar-refractivity contribution in [2.45, 2.75) is 38.6 Å². The first-order valence-electron chi connectivity index (χ1n) is 7.58. The number of nitrogens with one attached hydrogen (secondary N) is 2. The van der Waals surface area contributed by atoms with Crippen LogP contribution in [0.4, 0.5) is 0 Å². The molecule has 0 spiro atoms. The topological polar surface area (TPSA) is 44.4 Å². The van der Waals surface area contributed by atoms with Gasteiger partial charge in [0.05, 0.1) is 0 Å². The molecule has 2 fully saturated rings. The zero-order valence-electron chi connectivity index (χ0n) is 12.1. The van der Waals surface area contributed by atoms with E-state index in [2.05, 4.69) is 27.7 Å². The Bertz CT molecular complexity index is 484. The average molecular weight is 273 g/mol. The number of carbonyl (C=O) groups excluding carboxylic acids is 1. The molecule has 4 heteroatoms. The molecule has 0 radical (unpaired) electrons. The third-order valence-electron chi connectivity index (χ3n) is 4.38. The number of rotatable bonds is 2. The molecule has 0 aromatic carbocycles.